The van der Waals surface area contributed by atoms with Crippen LogP contribution in [0.2, 0.25) is 5.02 Å². The molecule has 1 aliphatic rings. The first kappa shape index (κ1) is 13.9. The largest absolute Gasteiger partial charge is 0.446 e. The van der Waals surface area contributed by atoms with Gasteiger partial charge in [0.05, 0.1) is 6.61 Å². The van der Waals surface area contributed by atoms with Crippen LogP contribution in [0.5, 0.6) is 5.75 Å². The second-order valence-corrected chi connectivity index (χ2v) is 5.36. The van der Waals surface area contributed by atoms with E-state index in [2.05, 4.69) is 8.92 Å². The summed E-state index contributed by atoms with van der Waals surface area (Å²) < 4.78 is 38.5. The zero-order valence-electron chi connectivity index (χ0n) is 9.54. The molecular formula is C10H10ClNO6S. The van der Waals surface area contributed by atoms with E-state index in [9.17, 15) is 13.2 Å². The molecular weight excluding hydrogens is 298 g/mol. The fraction of sp³-hybridized carbons (Fsp3) is 0.300. The van der Waals surface area contributed by atoms with Crippen LogP contribution in [0.3, 0.4) is 0 Å². The maximum atomic E-state index is 11.5. The van der Waals surface area contributed by atoms with Crippen LogP contribution in [0.15, 0.2) is 24.3 Å². The van der Waals surface area contributed by atoms with Gasteiger partial charge in [0.15, 0.2) is 0 Å². The Kier molecular flexibility index (Phi) is 4.13. The van der Waals surface area contributed by atoms with E-state index in [0.29, 0.717) is 11.6 Å². The van der Waals surface area contributed by atoms with Crippen LogP contribution in [0.25, 0.3) is 0 Å². The average Bonchev–Trinajstić information content (AvgIpc) is 3.12. The van der Waals surface area contributed by atoms with Crippen molar-refractivity contribution >= 4 is 28.0 Å². The van der Waals surface area contributed by atoms with Gasteiger partial charge in [0.25, 0.3) is 0 Å². The predicted octanol–water partition coefficient (Wildman–Crippen LogP) is 1.09. The maximum Gasteiger partial charge on any atom is 0.423 e. The van der Waals surface area contributed by atoms with Crippen LogP contribution >= 0.6 is 11.6 Å². The van der Waals surface area contributed by atoms with E-state index in [0.717, 1.165) is 0 Å². The highest BCUT2D eigenvalue weighted by molar-refractivity contribution is 7.85. The average molecular weight is 308 g/mol. The van der Waals surface area contributed by atoms with Gasteiger partial charge < -0.3 is 13.7 Å². The number of carbonyl (C=O) groups excluding carboxylic acids is 1. The molecule has 1 aliphatic heterocycles. The zero-order chi connectivity index (χ0) is 13.9. The smallest absolute Gasteiger partial charge is 0.423 e. The molecule has 0 saturated carbocycles. The number of epoxide rings is 1. The fourth-order valence-corrected chi connectivity index (χ4v) is 1.90. The first-order valence-electron chi connectivity index (χ1n) is 5.21. The normalized spacial score (nSPS) is 17.6. The first-order chi connectivity index (χ1) is 8.94. The molecule has 0 aliphatic carbocycles. The van der Waals surface area contributed by atoms with E-state index in [4.69, 9.17) is 16.3 Å². The minimum Gasteiger partial charge on any atom is -0.446 e. The third kappa shape index (κ3) is 4.93. The summed E-state index contributed by atoms with van der Waals surface area (Å²) in [6.07, 6.45) is -1.27. The van der Waals surface area contributed by atoms with Crippen LogP contribution < -0.4 is 8.91 Å². The number of amides is 1. The molecule has 1 aromatic rings. The van der Waals surface area contributed by atoms with Crippen molar-refractivity contribution in [3.63, 3.8) is 0 Å². The van der Waals surface area contributed by atoms with Crippen molar-refractivity contribution in [3.05, 3.63) is 29.3 Å². The molecule has 0 spiro atoms. The summed E-state index contributed by atoms with van der Waals surface area (Å²) in [5.41, 5.74) is 0. The minimum atomic E-state index is -4.28. The quantitative estimate of drug-likeness (QED) is 0.818. The zero-order valence-corrected chi connectivity index (χ0v) is 11.1. The van der Waals surface area contributed by atoms with Crippen molar-refractivity contribution in [2.24, 2.45) is 0 Å². The Hall–Kier alpha value is -1.51. The highest BCUT2D eigenvalue weighted by Crippen LogP contribution is 2.16. The SMILES string of the molecule is O=C(NS(=O)(=O)Oc1ccc(Cl)cc1)OCC1CO1. The number of carbonyl (C=O) groups is 1. The molecule has 0 bridgehead atoms. The van der Waals surface area contributed by atoms with E-state index in [1.165, 1.54) is 24.3 Å². The van der Waals surface area contributed by atoms with Crippen molar-refractivity contribution in [1.82, 2.24) is 4.72 Å². The lowest BCUT2D eigenvalue weighted by atomic mass is 10.3. The molecule has 7 nitrogen and oxygen atoms in total. The summed E-state index contributed by atoms with van der Waals surface area (Å²) in [4.78, 5) is 11.2. The lowest BCUT2D eigenvalue weighted by Crippen LogP contribution is -2.35. The van der Waals surface area contributed by atoms with Gasteiger partial charge in [-0.05, 0) is 24.3 Å². The Labute approximate surface area is 114 Å². The molecule has 0 radical (unpaired) electrons. The van der Waals surface area contributed by atoms with Crippen molar-refractivity contribution in [2.45, 2.75) is 6.10 Å². The van der Waals surface area contributed by atoms with Crippen LogP contribution in [-0.2, 0) is 19.8 Å². The molecule has 1 N–H and O–H groups in total. The predicted molar refractivity (Wildman–Crippen MR) is 65.2 cm³/mol. The van der Waals surface area contributed by atoms with Gasteiger partial charge in [0.1, 0.15) is 18.5 Å². The molecule has 9 heteroatoms. The monoisotopic (exact) mass is 307 g/mol. The van der Waals surface area contributed by atoms with E-state index < -0.39 is 16.4 Å². The molecule has 104 valence electrons. The van der Waals surface area contributed by atoms with Crippen LogP contribution in [0.4, 0.5) is 4.79 Å². The first-order valence-corrected chi connectivity index (χ1v) is 6.99. The molecule has 1 fully saturated rings. The standard InChI is InChI=1S/C10H10ClNO6S/c11-7-1-3-8(4-2-7)18-19(14,15)12-10(13)17-6-9-5-16-9/h1-4,9H,5-6H2,(H,12,13). The number of benzene rings is 1. The molecule has 1 amide bonds. The third-order valence-electron chi connectivity index (χ3n) is 2.03. The van der Waals surface area contributed by atoms with Gasteiger partial charge in [-0.15, -0.1) is 0 Å². The van der Waals surface area contributed by atoms with Crippen molar-refractivity contribution in [1.29, 1.82) is 0 Å². The Morgan fingerprint density at radius 1 is 1.42 bits per heavy atom. The second-order valence-electron chi connectivity index (χ2n) is 3.65. The Morgan fingerprint density at radius 2 is 2.05 bits per heavy atom. The number of rotatable bonds is 5. The molecule has 1 unspecified atom stereocenters. The van der Waals surface area contributed by atoms with Gasteiger partial charge in [-0.3, -0.25) is 0 Å². The van der Waals surface area contributed by atoms with Gasteiger partial charge in [0, 0.05) is 5.02 Å². The maximum absolute atomic E-state index is 11.5. The van der Waals surface area contributed by atoms with Gasteiger partial charge >= 0.3 is 16.4 Å². The Bertz CT molecular complexity index is 554. The molecule has 0 aromatic heterocycles. The van der Waals surface area contributed by atoms with Gasteiger partial charge in [-0.25, -0.2) is 4.79 Å². The van der Waals surface area contributed by atoms with Crippen molar-refractivity contribution in [2.75, 3.05) is 13.2 Å². The molecule has 1 atom stereocenters. The molecule has 1 aromatic carbocycles. The van der Waals surface area contributed by atoms with Crippen LogP contribution in [0, 0.1) is 0 Å². The number of halogens is 1. The van der Waals surface area contributed by atoms with E-state index in [-0.39, 0.29) is 18.5 Å². The summed E-state index contributed by atoms with van der Waals surface area (Å²) in [5.74, 6) is 0.0234. The van der Waals surface area contributed by atoms with Gasteiger partial charge in [-0.2, -0.15) is 13.1 Å². The summed E-state index contributed by atoms with van der Waals surface area (Å²) >= 11 is 5.64. The van der Waals surface area contributed by atoms with Crippen LogP contribution in [-0.4, -0.2) is 33.8 Å². The summed E-state index contributed by atoms with van der Waals surface area (Å²) in [7, 11) is -4.28. The highest BCUT2D eigenvalue weighted by Gasteiger charge is 2.25. The second kappa shape index (κ2) is 5.64. The molecule has 1 heterocycles. The van der Waals surface area contributed by atoms with Crippen molar-refractivity contribution < 1.29 is 26.9 Å². The lowest BCUT2D eigenvalue weighted by molar-refractivity contribution is 0.141. The Balaban J connectivity index is 1.86. The summed E-state index contributed by atoms with van der Waals surface area (Å²) in [6.45, 7) is 0.504. The van der Waals surface area contributed by atoms with Crippen LogP contribution in [0.1, 0.15) is 0 Å². The van der Waals surface area contributed by atoms with E-state index >= 15 is 0 Å². The van der Waals surface area contributed by atoms with Gasteiger partial charge in [-0.1, -0.05) is 11.6 Å². The lowest BCUT2D eigenvalue weighted by Gasteiger charge is -2.08. The number of hydrogen-bond donors (Lipinski definition) is 1. The van der Waals surface area contributed by atoms with Crippen molar-refractivity contribution in [3.8, 4) is 5.75 Å². The topological polar surface area (TPSA) is 94.2 Å². The van der Waals surface area contributed by atoms with Gasteiger partial charge in [0.2, 0.25) is 0 Å². The summed E-state index contributed by atoms with van der Waals surface area (Å²) in [5, 5.41) is 0.432. The summed E-state index contributed by atoms with van der Waals surface area (Å²) in [6, 6.07) is 5.61. The molecule has 1 saturated heterocycles. The number of nitrogens with one attached hydrogen (secondary N) is 1. The number of ether oxygens (including phenoxy) is 2. The fourth-order valence-electron chi connectivity index (χ4n) is 1.10. The highest BCUT2D eigenvalue weighted by atomic mass is 35.5. The van der Waals surface area contributed by atoms with E-state index in [1.807, 2.05) is 0 Å². The minimum absolute atomic E-state index is 0.00228. The van der Waals surface area contributed by atoms with E-state index in [1.54, 1.807) is 4.72 Å². The Morgan fingerprint density at radius 3 is 2.63 bits per heavy atom. The number of hydrogen-bond acceptors (Lipinski definition) is 6. The third-order valence-corrected chi connectivity index (χ3v) is 3.11. The molecule has 19 heavy (non-hydrogen) atoms. The molecule has 2 rings (SSSR count).